The highest BCUT2D eigenvalue weighted by molar-refractivity contribution is 5.93. The number of pyridine rings is 1. The van der Waals surface area contributed by atoms with E-state index in [9.17, 15) is 18.7 Å². The van der Waals surface area contributed by atoms with Crippen LogP contribution in [-0.4, -0.2) is 42.1 Å². The molecule has 3 aromatic heterocycles. The van der Waals surface area contributed by atoms with E-state index < -0.39 is 28.7 Å². The van der Waals surface area contributed by atoms with E-state index in [0.717, 1.165) is 12.1 Å². The van der Waals surface area contributed by atoms with Gasteiger partial charge in [0.15, 0.2) is 17.5 Å². The molecule has 0 aliphatic carbocycles. The molecular weight excluding hydrogens is 468 g/mol. The number of nitrogens with one attached hydrogen (secondary N) is 1. The number of amides is 1. The molecular formula is C25H27F2N7O2. The Bertz CT molecular complexity index is 1410. The molecule has 4 N–H and O–H groups in total. The number of carbonyl (C=O) groups excluding carboxylic acids is 1. The highest BCUT2D eigenvalue weighted by Gasteiger charge is 2.29. The van der Waals surface area contributed by atoms with Crippen molar-refractivity contribution in [3.05, 3.63) is 83.4 Å². The van der Waals surface area contributed by atoms with Gasteiger partial charge in [0.05, 0.1) is 17.9 Å². The first-order valence-electron chi connectivity index (χ1n) is 11.2. The molecule has 4 aromatic rings. The van der Waals surface area contributed by atoms with Crippen LogP contribution in [0.2, 0.25) is 0 Å². The SMILES string of the molecule is Cn1nc(-n2cccn2)cc1C(=O)NCC(C)(O)c1cc(C(C)(C)N)cc(-c2ccc(F)c(F)c2)n1. The molecule has 0 spiro atoms. The van der Waals surface area contributed by atoms with Crippen LogP contribution in [0.15, 0.2) is 54.9 Å². The Balaban J connectivity index is 1.61. The van der Waals surface area contributed by atoms with Crippen LogP contribution >= 0.6 is 0 Å². The maximum absolute atomic E-state index is 13.9. The highest BCUT2D eigenvalue weighted by atomic mass is 19.2. The van der Waals surface area contributed by atoms with Crippen LogP contribution in [0.4, 0.5) is 8.78 Å². The van der Waals surface area contributed by atoms with Crippen molar-refractivity contribution < 1.29 is 18.7 Å². The molecule has 9 nitrogen and oxygen atoms in total. The molecule has 0 aliphatic rings. The van der Waals surface area contributed by atoms with Crippen molar-refractivity contribution in [2.75, 3.05) is 6.54 Å². The Morgan fingerprint density at radius 3 is 2.53 bits per heavy atom. The number of aryl methyl sites for hydroxylation is 1. The summed E-state index contributed by atoms with van der Waals surface area (Å²) in [6.45, 7) is 4.86. The fraction of sp³-hybridized carbons (Fsp3) is 0.280. The molecule has 4 rings (SSSR count). The molecule has 1 atom stereocenters. The number of hydrogen-bond donors (Lipinski definition) is 3. The Labute approximate surface area is 206 Å². The molecule has 1 unspecified atom stereocenters. The zero-order chi connectivity index (χ0) is 26.3. The van der Waals surface area contributed by atoms with Gasteiger partial charge < -0.3 is 16.2 Å². The number of halogens is 2. The summed E-state index contributed by atoms with van der Waals surface area (Å²) < 4.78 is 30.3. The molecule has 0 fully saturated rings. The van der Waals surface area contributed by atoms with Gasteiger partial charge in [-0.2, -0.15) is 10.2 Å². The zero-order valence-corrected chi connectivity index (χ0v) is 20.3. The summed E-state index contributed by atoms with van der Waals surface area (Å²) in [5.41, 5.74) is 5.59. The van der Waals surface area contributed by atoms with Gasteiger partial charge >= 0.3 is 0 Å². The molecule has 36 heavy (non-hydrogen) atoms. The summed E-state index contributed by atoms with van der Waals surface area (Å²) in [7, 11) is 1.63. The van der Waals surface area contributed by atoms with E-state index in [1.54, 1.807) is 57.6 Å². The minimum Gasteiger partial charge on any atom is -0.382 e. The number of carbonyl (C=O) groups is 1. The smallest absolute Gasteiger partial charge is 0.269 e. The zero-order valence-electron chi connectivity index (χ0n) is 20.3. The average Bonchev–Trinajstić information content (AvgIpc) is 3.48. The highest BCUT2D eigenvalue weighted by Crippen LogP contribution is 2.29. The predicted molar refractivity (Wildman–Crippen MR) is 129 cm³/mol. The maximum atomic E-state index is 13.9. The normalized spacial score (nSPS) is 13.4. The number of nitrogens with zero attached hydrogens (tertiary/aromatic N) is 5. The molecule has 3 heterocycles. The molecule has 0 radical (unpaired) electrons. The van der Waals surface area contributed by atoms with E-state index in [0.29, 0.717) is 22.6 Å². The lowest BCUT2D eigenvalue weighted by molar-refractivity contribution is 0.0486. The van der Waals surface area contributed by atoms with E-state index in [-0.39, 0.29) is 17.9 Å². The van der Waals surface area contributed by atoms with Crippen molar-refractivity contribution >= 4 is 5.91 Å². The topological polar surface area (TPSA) is 124 Å². The minimum absolute atomic E-state index is 0.188. The van der Waals surface area contributed by atoms with Crippen molar-refractivity contribution in [1.82, 2.24) is 29.9 Å². The van der Waals surface area contributed by atoms with Gasteiger partial charge in [0.1, 0.15) is 11.3 Å². The lowest BCUT2D eigenvalue weighted by atomic mass is 9.90. The lowest BCUT2D eigenvalue weighted by Crippen LogP contribution is -2.40. The largest absolute Gasteiger partial charge is 0.382 e. The van der Waals surface area contributed by atoms with Gasteiger partial charge in [-0.1, -0.05) is 0 Å². The number of rotatable bonds is 7. The number of hydrogen-bond acceptors (Lipinski definition) is 6. The Hall–Kier alpha value is -3.96. The van der Waals surface area contributed by atoms with Crippen molar-refractivity contribution in [3.63, 3.8) is 0 Å². The molecule has 11 heteroatoms. The number of nitrogens with two attached hydrogens (primary N) is 1. The Kier molecular flexibility index (Phi) is 6.46. The summed E-state index contributed by atoms with van der Waals surface area (Å²) >= 11 is 0. The van der Waals surface area contributed by atoms with E-state index in [1.165, 1.54) is 22.4 Å². The summed E-state index contributed by atoms with van der Waals surface area (Å²) in [4.78, 5) is 17.4. The van der Waals surface area contributed by atoms with Gasteiger partial charge in [0.2, 0.25) is 0 Å². The molecule has 0 bridgehead atoms. The third kappa shape index (κ3) is 5.16. The van der Waals surface area contributed by atoms with E-state index in [2.05, 4.69) is 20.5 Å². The Morgan fingerprint density at radius 1 is 1.14 bits per heavy atom. The monoisotopic (exact) mass is 495 g/mol. The van der Waals surface area contributed by atoms with Crippen molar-refractivity contribution in [2.24, 2.45) is 12.8 Å². The second-order valence-corrected chi connectivity index (χ2v) is 9.40. The van der Waals surface area contributed by atoms with Crippen molar-refractivity contribution in [3.8, 4) is 17.1 Å². The fourth-order valence-electron chi connectivity index (χ4n) is 3.60. The number of aromatic nitrogens is 5. The van der Waals surface area contributed by atoms with E-state index in [1.807, 2.05) is 0 Å². The van der Waals surface area contributed by atoms with Crippen LogP contribution in [0, 0.1) is 11.6 Å². The van der Waals surface area contributed by atoms with Crippen LogP contribution in [0.1, 0.15) is 42.5 Å². The van der Waals surface area contributed by atoms with Crippen molar-refractivity contribution in [2.45, 2.75) is 31.9 Å². The third-order valence-electron chi connectivity index (χ3n) is 5.77. The van der Waals surface area contributed by atoms with Gasteiger partial charge in [-0.05, 0) is 62.7 Å². The number of benzene rings is 1. The van der Waals surface area contributed by atoms with Gasteiger partial charge in [-0.25, -0.2) is 18.4 Å². The summed E-state index contributed by atoms with van der Waals surface area (Å²) in [6, 6.07) is 10.1. The average molecular weight is 496 g/mol. The maximum Gasteiger partial charge on any atom is 0.269 e. The number of aliphatic hydroxyl groups is 1. The summed E-state index contributed by atoms with van der Waals surface area (Å²) in [5.74, 6) is -1.98. The molecule has 1 aromatic carbocycles. The molecule has 0 saturated carbocycles. The second kappa shape index (κ2) is 9.25. The predicted octanol–water partition coefficient (Wildman–Crippen LogP) is 2.78. The molecule has 188 valence electrons. The van der Waals surface area contributed by atoms with Crippen LogP contribution in [-0.2, 0) is 18.2 Å². The van der Waals surface area contributed by atoms with Gasteiger partial charge in [0.25, 0.3) is 5.91 Å². The third-order valence-corrected chi connectivity index (χ3v) is 5.77. The molecule has 0 aliphatic heterocycles. The van der Waals surface area contributed by atoms with Crippen LogP contribution < -0.4 is 11.1 Å². The second-order valence-electron chi connectivity index (χ2n) is 9.40. The van der Waals surface area contributed by atoms with Crippen molar-refractivity contribution in [1.29, 1.82) is 0 Å². The van der Waals surface area contributed by atoms with E-state index in [4.69, 9.17) is 5.73 Å². The first-order valence-corrected chi connectivity index (χ1v) is 11.2. The van der Waals surface area contributed by atoms with Gasteiger partial charge in [-0.3, -0.25) is 9.48 Å². The van der Waals surface area contributed by atoms with E-state index >= 15 is 0 Å². The van der Waals surface area contributed by atoms with Crippen LogP contribution in [0.25, 0.3) is 17.1 Å². The summed E-state index contributed by atoms with van der Waals surface area (Å²) in [6.07, 6.45) is 3.31. The Morgan fingerprint density at radius 2 is 1.89 bits per heavy atom. The van der Waals surface area contributed by atoms with Crippen LogP contribution in [0.5, 0.6) is 0 Å². The standard InChI is InChI=1S/C25H27F2N7O2/c1-24(2,28)16-11-19(15-6-7-17(26)18(27)10-15)31-21(12-16)25(3,36)14-29-23(35)20-13-22(32-33(20)4)34-9-5-8-30-34/h5-13,36H,14,28H2,1-4H3,(H,29,35). The molecule has 1 amide bonds. The summed E-state index contributed by atoms with van der Waals surface area (Å²) in [5, 5.41) is 22.4. The quantitative estimate of drug-likeness (QED) is 0.362. The first-order chi connectivity index (χ1) is 16.8. The molecule has 0 saturated heterocycles. The lowest BCUT2D eigenvalue weighted by Gasteiger charge is -2.27. The van der Waals surface area contributed by atoms with Crippen LogP contribution in [0.3, 0.4) is 0 Å². The first kappa shape index (κ1) is 25.1. The van der Waals surface area contributed by atoms with Gasteiger partial charge in [-0.15, -0.1) is 0 Å². The fourth-order valence-corrected chi connectivity index (χ4v) is 3.60. The van der Waals surface area contributed by atoms with Gasteiger partial charge in [0, 0.05) is 36.6 Å². The minimum atomic E-state index is -1.62.